The molecule has 0 spiro atoms. The summed E-state index contributed by atoms with van der Waals surface area (Å²) in [6.07, 6.45) is 2.22. The van der Waals surface area contributed by atoms with Crippen LogP contribution in [-0.2, 0) is 11.8 Å². The molecule has 1 saturated heterocycles. The second-order valence-electron chi connectivity index (χ2n) is 6.42. The van der Waals surface area contributed by atoms with Crippen LogP contribution in [0.15, 0.2) is 46.2 Å². The summed E-state index contributed by atoms with van der Waals surface area (Å²) >= 11 is 1.35. The van der Waals surface area contributed by atoms with Gasteiger partial charge in [-0.25, -0.2) is 0 Å². The topological polar surface area (TPSA) is 107 Å². The van der Waals surface area contributed by atoms with E-state index in [9.17, 15) is 14.9 Å². The highest BCUT2D eigenvalue weighted by atomic mass is 32.2. The van der Waals surface area contributed by atoms with Crippen molar-refractivity contribution in [2.75, 3.05) is 11.4 Å². The van der Waals surface area contributed by atoms with Crippen molar-refractivity contribution in [1.29, 1.82) is 0 Å². The Bertz CT molecular complexity index is 1060. The minimum absolute atomic E-state index is 0.0326. The van der Waals surface area contributed by atoms with Gasteiger partial charge in [-0.1, -0.05) is 17.8 Å². The van der Waals surface area contributed by atoms with Gasteiger partial charge in [-0.2, -0.15) is 0 Å². The predicted molar refractivity (Wildman–Crippen MR) is 103 cm³/mol. The highest BCUT2D eigenvalue weighted by molar-refractivity contribution is 8.00. The summed E-state index contributed by atoms with van der Waals surface area (Å²) in [7, 11) is 1.85. The number of hydrogen-bond acceptors (Lipinski definition) is 7. The number of nitrogens with zero attached hydrogens (tertiary/aromatic N) is 5. The first-order chi connectivity index (χ1) is 13.5. The van der Waals surface area contributed by atoms with Crippen LogP contribution < -0.4 is 4.90 Å². The zero-order chi connectivity index (χ0) is 19.8. The number of rotatable bonds is 5. The van der Waals surface area contributed by atoms with E-state index in [1.807, 2.05) is 24.6 Å². The second-order valence-corrected chi connectivity index (χ2v) is 7.59. The van der Waals surface area contributed by atoms with Crippen LogP contribution in [0, 0.1) is 17.0 Å². The molecule has 10 heteroatoms. The van der Waals surface area contributed by atoms with Crippen LogP contribution in [0.3, 0.4) is 0 Å². The van der Waals surface area contributed by atoms with Gasteiger partial charge in [0, 0.05) is 25.7 Å². The van der Waals surface area contributed by atoms with Gasteiger partial charge in [-0.15, -0.1) is 10.2 Å². The summed E-state index contributed by atoms with van der Waals surface area (Å²) in [6.45, 7) is 2.36. The molecule has 0 bridgehead atoms. The Labute approximate surface area is 164 Å². The largest absolute Gasteiger partial charge is 0.469 e. The van der Waals surface area contributed by atoms with Crippen molar-refractivity contribution in [3.8, 4) is 11.4 Å². The smallest absolute Gasteiger partial charge is 0.271 e. The van der Waals surface area contributed by atoms with Gasteiger partial charge in [0.1, 0.15) is 5.76 Å². The van der Waals surface area contributed by atoms with Crippen LogP contribution in [0.2, 0.25) is 0 Å². The monoisotopic (exact) mass is 399 g/mol. The number of hydrogen-bond donors (Lipinski definition) is 0. The number of furan rings is 1. The standard InChI is InChI=1S/C18H17N5O4S/c1-11-14(7-9-27-11)16-19-20-18(21(16)2)28-15-6-8-22(17(15)24)12-4-3-5-13(10-12)23(25)26/h3-5,7,9-10,15H,6,8H2,1-2H3. The lowest BCUT2D eigenvalue weighted by atomic mass is 10.2. The molecule has 0 radical (unpaired) electrons. The molecular formula is C18H17N5O4S. The number of amides is 1. The van der Waals surface area contributed by atoms with Gasteiger partial charge in [0.05, 0.1) is 27.7 Å². The minimum Gasteiger partial charge on any atom is -0.469 e. The zero-order valence-corrected chi connectivity index (χ0v) is 16.0. The number of thioether (sulfide) groups is 1. The highest BCUT2D eigenvalue weighted by Crippen LogP contribution is 2.34. The first kappa shape index (κ1) is 18.2. The molecule has 9 nitrogen and oxygen atoms in total. The molecule has 3 heterocycles. The number of nitro groups is 1. The molecule has 4 rings (SSSR count). The van der Waals surface area contributed by atoms with Gasteiger partial charge >= 0.3 is 0 Å². The van der Waals surface area contributed by atoms with Crippen molar-refractivity contribution >= 4 is 29.0 Å². The van der Waals surface area contributed by atoms with E-state index in [4.69, 9.17) is 4.42 Å². The molecule has 0 saturated carbocycles. The summed E-state index contributed by atoms with van der Waals surface area (Å²) in [4.78, 5) is 25.0. The molecule has 0 aliphatic carbocycles. The quantitative estimate of drug-likeness (QED) is 0.479. The van der Waals surface area contributed by atoms with E-state index in [0.717, 1.165) is 11.3 Å². The van der Waals surface area contributed by atoms with Gasteiger partial charge in [-0.3, -0.25) is 14.9 Å². The van der Waals surface area contributed by atoms with E-state index in [1.165, 1.54) is 23.9 Å². The molecule has 1 amide bonds. The van der Waals surface area contributed by atoms with Crippen LogP contribution in [0.25, 0.3) is 11.4 Å². The number of carbonyl (C=O) groups excluding carboxylic acids is 1. The van der Waals surface area contributed by atoms with Gasteiger partial charge in [-0.05, 0) is 25.5 Å². The lowest BCUT2D eigenvalue weighted by molar-refractivity contribution is -0.384. The lowest BCUT2D eigenvalue weighted by Crippen LogP contribution is -2.28. The predicted octanol–water partition coefficient (Wildman–Crippen LogP) is 3.19. The summed E-state index contributed by atoms with van der Waals surface area (Å²) in [5, 5.41) is 19.8. The average molecular weight is 399 g/mol. The van der Waals surface area contributed by atoms with Crippen molar-refractivity contribution in [3.05, 3.63) is 52.5 Å². The van der Waals surface area contributed by atoms with Crippen LogP contribution in [-0.4, -0.2) is 37.4 Å². The molecule has 1 unspecified atom stereocenters. The number of benzene rings is 1. The number of nitro benzene ring substituents is 1. The van der Waals surface area contributed by atoms with Crippen molar-refractivity contribution in [2.45, 2.75) is 23.8 Å². The van der Waals surface area contributed by atoms with E-state index < -0.39 is 4.92 Å². The molecule has 144 valence electrons. The average Bonchev–Trinajstić information content (AvgIpc) is 3.36. The molecule has 1 atom stereocenters. The Morgan fingerprint density at radius 2 is 2.14 bits per heavy atom. The van der Waals surface area contributed by atoms with Gasteiger partial charge < -0.3 is 13.9 Å². The van der Waals surface area contributed by atoms with Crippen LogP contribution >= 0.6 is 11.8 Å². The maximum atomic E-state index is 12.9. The van der Waals surface area contributed by atoms with Gasteiger partial charge in [0.2, 0.25) is 5.91 Å². The molecule has 2 aromatic heterocycles. The maximum absolute atomic E-state index is 12.9. The Balaban J connectivity index is 1.53. The Morgan fingerprint density at radius 1 is 1.32 bits per heavy atom. The molecule has 0 N–H and O–H groups in total. The molecule has 1 aliphatic rings. The molecule has 1 aliphatic heterocycles. The van der Waals surface area contributed by atoms with Gasteiger partial charge in [0.15, 0.2) is 11.0 Å². The molecule has 1 aromatic carbocycles. The number of aryl methyl sites for hydroxylation is 1. The Hall–Kier alpha value is -3.14. The second kappa shape index (κ2) is 7.12. The molecule has 3 aromatic rings. The number of non-ortho nitro benzene ring substituents is 1. The first-order valence-corrected chi connectivity index (χ1v) is 9.50. The Morgan fingerprint density at radius 3 is 2.86 bits per heavy atom. The van der Waals surface area contributed by atoms with Crippen molar-refractivity contribution < 1.29 is 14.1 Å². The fourth-order valence-electron chi connectivity index (χ4n) is 3.19. The molecular weight excluding hydrogens is 382 g/mol. The van der Waals surface area contributed by atoms with E-state index in [-0.39, 0.29) is 16.8 Å². The third-order valence-corrected chi connectivity index (χ3v) is 5.98. The normalized spacial score (nSPS) is 16.7. The lowest BCUT2D eigenvalue weighted by Gasteiger charge is -2.16. The highest BCUT2D eigenvalue weighted by Gasteiger charge is 2.35. The van der Waals surface area contributed by atoms with Gasteiger partial charge in [0.25, 0.3) is 5.69 Å². The first-order valence-electron chi connectivity index (χ1n) is 8.62. The third-order valence-electron chi connectivity index (χ3n) is 4.69. The van der Waals surface area contributed by atoms with Crippen LogP contribution in [0.1, 0.15) is 12.2 Å². The third kappa shape index (κ3) is 3.15. The summed E-state index contributed by atoms with van der Waals surface area (Å²) in [6, 6.07) is 7.96. The van der Waals surface area contributed by atoms with Crippen molar-refractivity contribution in [1.82, 2.24) is 14.8 Å². The minimum atomic E-state index is -0.463. The summed E-state index contributed by atoms with van der Waals surface area (Å²) < 4.78 is 7.17. The summed E-state index contributed by atoms with van der Waals surface area (Å²) in [5.41, 5.74) is 1.36. The van der Waals surface area contributed by atoms with Crippen molar-refractivity contribution in [2.24, 2.45) is 7.05 Å². The van der Waals surface area contributed by atoms with E-state index in [1.54, 1.807) is 23.3 Å². The summed E-state index contributed by atoms with van der Waals surface area (Å²) in [5.74, 6) is 1.34. The van der Waals surface area contributed by atoms with Crippen LogP contribution in [0.5, 0.6) is 0 Å². The van der Waals surface area contributed by atoms with E-state index in [0.29, 0.717) is 29.6 Å². The Kier molecular flexibility index (Phi) is 4.63. The maximum Gasteiger partial charge on any atom is 0.271 e. The SMILES string of the molecule is Cc1occc1-c1nnc(SC2CCN(c3cccc([N+](=O)[O-])c3)C2=O)n1C. The molecule has 1 fully saturated rings. The number of carbonyl (C=O) groups is 1. The zero-order valence-electron chi connectivity index (χ0n) is 15.2. The molecule has 28 heavy (non-hydrogen) atoms. The van der Waals surface area contributed by atoms with E-state index in [2.05, 4.69) is 10.2 Å². The number of anilines is 1. The fraction of sp³-hybridized carbons (Fsp3) is 0.278. The van der Waals surface area contributed by atoms with E-state index >= 15 is 0 Å². The van der Waals surface area contributed by atoms with Crippen molar-refractivity contribution in [3.63, 3.8) is 0 Å². The fourth-order valence-corrected chi connectivity index (χ4v) is 4.23. The number of aromatic nitrogens is 3. The van der Waals surface area contributed by atoms with Crippen LogP contribution in [0.4, 0.5) is 11.4 Å².